The minimum absolute atomic E-state index is 0.138. The molecule has 0 saturated carbocycles. The average Bonchev–Trinajstić information content (AvgIpc) is 2.38. The molecule has 3 nitrogen and oxygen atoms in total. The third-order valence-corrected chi connectivity index (χ3v) is 2.80. The predicted molar refractivity (Wildman–Crippen MR) is 73.6 cm³/mol. The maximum Gasteiger partial charge on any atom is 0.240 e. The van der Waals surface area contributed by atoms with Crippen molar-refractivity contribution in [3.8, 4) is 0 Å². The molecular weight excluding hydrogens is 238 g/mol. The fourth-order valence-electron chi connectivity index (χ4n) is 2.07. The van der Waals surface area contributed by atoms with Gasteiger partial charge in [0.15, 0.2) is 5.78 Å². The van der Waals surface area contributed by atoms with E-state index in [0.29, 0.717) is 16.8 Å². The fourth-order valence-corrected chi connectivity index (χ4v) is 2.07. The number of hydrogen-bond acceptors (Lipinski definition) is 3. The van der Waals surface area contributed by atoms with Gasteiger partial charge in [-0.3, -0.25) is 4.79 Å². The van der Waals surface area contributed by atoms with E-state index in [1.807, 2.05) is 32.0 Å². The van der Waals surface area contributed by atoms with E-state index >= 15 is 0 Å². The van der Waals surface area contributed by atoms with Crippen molar-refractivity contribution >= 4 is 17.6 Å². The lowest BCUT2D eigenvalue weighted by Gasteiger charge is -2.06. The molecule has 0 aliphatic rings. The van der Waals surface area contributed by atoms with Crippen molar-refractivity contribution in [2.45, 2.75) is 13.8 Å². The summed E-state index contributed by atoms with van der Waals surface area (Å²) in [6.07, 6.45) is 1.48. The highest BCUT2D eigenvalue weighted by Gasteiger charge is 2.13. The highest BCUT2D eigenvalue weighted by molar-refractivity contribution is 6.12. The smallest absolute Gasteiger partial charge is 0.240 e. The lowest BCUT2D eigenvalue weighted by atomic mass is 9.98. The van der Waals surface area contributed by atoms with E-state index in [0.717, 1.165) is 11.1 Å². The molecule has 0 aliphatic heterocycles. The highest BCUT2D eigenvalue weighted by Crippen LogP contribution is 2.22. The minimum atomic E-state index is -0.138. The third-order valence-electron chi connectivity index (χ3n) is 2.80. The van der Waals surface area contributed by atoms with E-state index in [2.05, 4.69) is 4.99 Å². The lowest BCUT2D eigenvalue weighted by Crippen LogP contribution is -2.02. The molecule has 0 spiro atoms. The van der Waals surface area contributed by atoms with Crippen LogP contribution in [0.5, 0.6) is 0 Å². The van der Waals surface area contributed by atoms with E-state index in [1.54, 1.807) is 24.3 Å². The lowest BCUT2D eigenvalue weighted by molar-refractivity contribution is 0.103. The number of aryl methyl sites for hydroxylation is 2. The first kappa shape index (κ1) is 12.9. The number of rotatable bonds is 3. The van der Waals surface area contributed by atoms with Gasteiger partial charge in [0.2, 0.25) is 6.08 Å². The van der Waals surface area contributed by atoms with Crippen LogP contribution in [0.1, 0.15) is 27.0 Å². The second-order valence-corrected chi connectivity index (χ2v) is 4.43. The number of aliphatic imine (C=N–C) groups is 1. The van der Waals surface area contributed by atoms with Gasteiger partial charge in [-0.1, -0.05) is 29.3 Å². The van der Waals surface area contributed by atoms with Crippen LogP contribution in [0.3, 0.4) is 0 Å². The van der Waals surface area contributed by atoms with Gasteiger partial charge >= 0.3 is 0 Å². The average molecular weight is 251 g/mol. The highest BCUT2D eigenvalue weighted by atomic mass is 16.1. The van der Waals surface area contributed by atoms with Gasteiger partial charge in [-0.25, -0.2) is 4.79 Å². The molecule has 0 heterocycles. The van der Waals surface area contributed by atoms with Crippen molar-refractivity contribution in [1.82, 2.24) is 0 Å². The number of nitrogens with zero attached hydrogens (tertiary/aromatic N) is 1. The van der Waals surface area contributed by atoms with E-state index in [1.165, 1.54) is 6.08 Å². The van der Waals surface area contributed by atoms with Crippen molar-refractivity contribution in [1.29, 1.82) is 0 Å². The zero-order valence-electron chi connectivity index (χ0n) is 10.8. The summed E-state index contributed by atoms with van der Waals surface area (Å²) in [7, 11) is 0. The van der Waals surface area contributed by atoms with Crippen molar-refractivity contribution in [2.24, 2.45) is 4.99 Å². The molecule has 0 unspecified atom stereocenters. The molecule has 94 valence electrons. The molecule has 0 radical (unpaired) electrons. The molecule has 0 bridgehead atoms. The zero-order chi connectivity index (χ0) is 13.8. The number of para-hydroxylation sites is 1. The molecule has 0 N–H and O–H groups in total. The molecule has 0 atom stereocenters. The molecule has 0 saturated heterocycles. The monoisotopic (exact) mass is 251 g/mol. The molecule has 0 amide bonds. The van der Waals surface area contributed by atoms with Crippen LogP contribution in [0.4, 0.5) is 5.69 Å². The van der Waals surface area contributed by atoms with E-state index in [9.17, 15) is 9.59 Å². The minimum Gasteiger partial charge on any atom is -0.289 e. The predicted octanol–water partition coefficient (Wildman–Crippen LogP) is 3.50. The van der Waals surface area contributed by atoms with Gasteiger partial charge in [-0.05, 0) is 38.1 Å². The Morgan fingerprint density at radius 3 is 2.32 bits per heavy atom. The van der Waals surface area contributed by atoms with Crippen LogP contribution in [0, 0.1) is 13.8 Å². The number of carbonyl (C=O) groups excluding carboxylic acids is 2. The molecule has 2 aromatic carbocycles. The van der Waals surface area contributed by atoms with Crippen molar-refractivity contribution in [2.75, 3.05) is 0 Å². The molecule has 2 aromatic rings. The van der Waals surface area contributed by atoms with E-state index in [4.69, 9.17) is 0 Å². The summed E-state index contributed by atoms with van der Waals surface area (Å²) < 4.78 is 0. The Morgan fingerprint density at radius 2 is 1.68 bits per heavy atom. The van der Waals surface area contributed by atoms with Gasteiger partial charge < -0.3 is 0 Å². The van der Waals surface area contributed by atoms with Crippen LogP contribution in [-0.2, 0) is 4.79 Å². The molecular formula is C16H13NO2. The van der Waals surface area contributed by atoms with E-state index < -0.39 is 0 Å². The van der Waals surface area contributed by atoms with Crippen molar-refractivity contribution in [3.05, 3.63) is 64.7 Å². The molecule has 3 heteroatoms. The maximum atomic E-state index is 12.5. The summed E-state index contributed by atoms with van der Waals surface area (Å²) >= 11 is 0. The Labute approximate surface area is 111 Å². The zero-order valence-corrected chi connectivity index (χ0v) is 10.8. The largest absolute Gasteiger partial charge is 0.289 e. The second kappa shape index (κ2) is 5.42. The van der Waals surface area contributed by atoms with Gasteiger partial charge in [0.25, 0.3) is 0 Å². The molecule has 19 heavy (non-hydrogen) atoms. The van der Waals surface area contributed by atoms with Crippen LogP contribution in [0.2, 0.25) is 0 Å². The molecule has 2 rings (SSSR count). The second-order valence-electron chi connectivity index (χ2n) is 4.43. The van der Waals surface area contributed by atoms with Gasteiger partial charge in [0, 0.05) is 11.1 Å². The number of ketones is 1. The Bertz CT molecular complexity index is 663. The van der Waals surface area contributed by atoms with Gasteiger partial charge in [-0.2, -0.15) is 4.99 Å². The maximum absolute atomic E-state index is 12.5. The first-order valence-corrected chi connectivity index (χ1v) is 5.91. The number of benzene rings is 2. The van der Waals surface area contributed by atoms with Crippen LogP contribution in [0.25, 0.3) is 0 Å². The summed E-state index contributed by atoms with van der Waals surface area (Å²) in [4.78, 5) is 26.4. The van der Waals surface area contributed by atoms with Gasteiger partial charge in [-0.15, -0.1) is 0 Å². The Hall–Kier alpha value is -2.51. The van der Waals surface area contributed by atoms with Crippen molar-refractivity contribution < 1.29 is 9.59 Å². The topological polar surface area (TPSA) is 46.5 Å². The van der Waals surface area contributed by atoms with Crippen molar-refractivity contribution in [3.63, 3.8) is 0 Å². The Morgan fingerprint density at radius 1 is 1.05 bits per heavy atom. The summed E-state index contributed by atoms with van der Waals surface area (Å²) in [5.74, 6) is -0.138. The summed E-state index contributed by atoms with van der Waals surface area (Å²) in [5.41, 5.74) is 3.42. The molecule has 0 fully saturated rings. The third kappa shape index (κ3) is 2.84. The Balaban J connectivity index is 2.52. The molecule has 0 aromatic heterocycles. The molecule has 0 aliphatic carbocycles. The van der Waals surface area contributed by atoms with Crippen LogP contribution >= 0.6 is 0 Å². The first-order chi connectivity index (χ1) is 9.11. The normalized spacial score (nSPS) is 9.79. The van der Waals surface area contributed by atoms with Crippen LogP contribution < -0.4 is 0 Å². The van der Waals surface area contributed by atoms with Crippen LogP contribution in [-0.4, -0.2) is 11.9 Å². The quantitative estimate of drug-likeness (QED) is 0.476. The summed E-state index contributed by atoms with van der Waals surface area (Å²) in [6, 6.07) is 12.4. The summed E-state index contributed by atoms with van der Waals surface area (Å²) in [6.45, 7) is 3.89. The van der Waals surface area contributed by atoms with Gasteiger partial charge in [0.05, 0.1) is 5.69 Å². The number of isocyanates is 1. The first-order valence-electron chi connectivity index (χ1n) is 5.91. The van der Waals surface area contributed by atoms with E-state index in [-0.39, 0.29) is 5.78 Å². The van der Waals surface area contributed by atoms with Gasteiger partial charge in [0.1, 0.15) is 0 Å². The SMILES string of the molecule is Cc1cc(C)cc(C(=O)c2ccccc2N=C=O)c1. The Kier molecular flexibility index (Phi) is 3.69. The van der Waals surface area contributed by atoms with Crippen LogP contribution in [0.15, 0.2) is 47.5 Å². The fraction of sp³-hybridized carbons (Fsp3) is 0.125. The summed E-state index contributed by atoms with van der Waals surface area (Å²) in [5, 5.41) is 0. The standard InChI is InChI=1S/C16H13NO2/c1-11-7-12(2)9-13(8-11)16(19)14-5-3-4-6-15(14)17-10-18/h3-9H,1-2H3. The number of hydrogen-bond donors (Lipinski definition) is 0. The number of carbonyl (C=O) groups is 1.